The quantitative estimate of drug-likeness (QED) is 0.898. The first-order valence-electron chi connectivity index (χ1n) is 5.61. The van der Waals surface area contributed by atoms with E-state index < -0.39 is 12.1 Å². The van der Waals surface area contributed by atoms with E-state index in [4.69, 9.17) is 27.9 Å². The molecule has 0 aliphatic heterocycles. The topological polar surface area (TPSA) is 66.8 Å². The van der Waals surface area contributed by atoms with Crippen LogP contribution in [0.25, 0.3) is 0 Å². The van der Waals surface area contributed by atoms with Gasteiger partial charge in [-0.2, -0.15) is 0 Å². The molecule has 2 aromatic carbocycles. The molecule has 0 radical (unpaired) electrons. The molecule has 0 saturated carbocycles. The third kappa shape index (κ3) is 3.35. The van der Waals surface area contributed by atoms with E-state index in [1.807, 2.05) is 0 Å². The number of hydrogen-bond donors (Lipinski definition) is 2. The lowest BCUT2D eigenvalue weighted by molar-refractivity contribution is -0.145. The number of rotatable bonds is 4. The molecule has 0 spiro atoms. The highest BCUT2D eigenvalue weighted by molar-refractivity contribution is 6.35. The molecule has 0 saturated heterocycles. The van der Waals surface area contributed by atoms with E-state index in [9.17, 15) is 15.0 Å². The second kappa shape index (κ2) is 6.03. The number of carboxylic acid groups (broad SMARTS) is 1. The van der Waals surface area contributed by atoms with Crippen LogP contribution in [0.2, 0.25) is 10.0 Å². The molecule has 0 heterocycles. The van der Waals surface area contributed by atoms with Gasteiger partial charge in [-0.25, -0.2) is 4.79 Å². The fourth-order valence-corrected chi connectivity index (χ4v) is 2.06. The highest BCUT2D eigenvalue weighted by Gasteiger charge is 2.23. The minimum absolute atomic E-state index is 0.0439. The third-order valence-electron chi connectivity index (χ3n) is 2.56. The molecule has 1 unspecified atom stereocenters. The summed E-state index contributed by atoms with van der Waals surface area (Å²) in [5.41, 5.74) is 0.390. The lowest BCUT2D eigenvalue weighted by atomic mass is 10.1. The van der Waals surface area contributed by atoms with Gasteiger partial charge >= 0.3 is 5.97 Å². The van der Waals surface area contributed by atoms with Crippen LogP contribution in [0, 0.1) is 0 Å². The summed E-state index contributed by atoms with van der Waals surface area (Å²) in [6, 6.07) is 10.2. The normalized spacial score (nSPS) is 11.9. The summed E-state index contributed by atoms with van der Waals surface area (Å²) in [6.07, 6.45) is -1.23. The van der Waals surface area contributed by atoms with Crippen molar-refractivity contribution >= 4 is 29.2 Å². The average Bonchev–Trinajstić information content (AvgIpc) is 2.39. The van der Waals surface area contributed by atoms with Gasteiger partial charge in [0.1, 0.15) is 11.5 Å². The first-order valence-corrected chi connectivity index (χ1v) is 6.36. The van der Waals surface area contributed by atoms with Gasteiger partial charge in [0.05, 0.1) is 5.02 Å². The van der Waals surface area contributed by atoms with Gasteiger partial charge in [-0.1, -0.05) is 35.3 Å². The van der Waals surface area contributed by atoms with Crippen molar-refractivity contribution in [2.75, 3.05) is 0 Å². The van der Waals surface area contributed by atoms with Crippen LogP contribution in [-0.2, 0) is 4.79 Å². The Bertz CT molecular complexity index is 626. The molecular weight excluding hydrogens is 303 g/mol. The standard InChI is InChI=1S/C14H10Cl2O4/c15-9-3-6-12(11(16)7-9)20-13(14(18)19)8-1-4-10(17)5-2-8/h1-7,13,17H,(H,18,19). The molecule has 2 N–H and O–H groups in total. The molecule has 0 aliphatic rings. The number of aliphatic carboxylic acids is 1. The fraction of sp³-hybridized carbons (Fsp3) is 0.0714. The number of hydrogen-bond acceptors (Lipinski definition) is 3. The summed E-state index contributed by atoms with van der Waals surface area (Å²) in [6.45, 7) is 0. The van der Waals surface area contributed by atoms with Crippen LogP contribution in [-0.4, -0.2) is 16.2 Å². The van der Waals surface area contributed by atoms with Crippen molar-refractivity contribution < 1.29 is 19.7 Å². The Hall–Kier alpha value is -1.91. The van der Waals surface area contributed by atoms with Crippen LogP contribution >= 0.6 is 23.2 Å². The molecule has 6 heteroatoms. The summed E-state index contributed by atoms with van der Waals surface area (Å²) in [7, 11) is 0. The number of benzene rings is 2. The van der Waals surface area contributed by atoms with Crippen molar-refractivity contribution in [3.8, 4) is 11.5 Å². The number of ether oxygens (including phenoxy) is 1. The Balaban J connectivity index is 2.30. The van der Waals surface area contributed by atoms with E-state index in [0.29, 0.717) is 10.6 Å². The molecule has 0 amide bonds. The predicted octanol–water partition coefficient (Wildman–Crippen LogP) is 3.90. The molecule has 104 valence electrons. The number of carboxylic acids is 1. The summed E-state index contributed by atoms with van der Waals surface area (Å²) in [5, 5.41) is 19.1. The fourth-order valence-electron chi connectivity index (χ4n) is 1.61. The third-order valence-corrected chi connectivity index (χ3v) is 3.09. The lowest BCUT2D eigenvalue weighted by Gasteiger charge is -2.16. The molecule has 4 nitrogen and oxygen atoms in total. The zero-order valence-electron chi connectivity index (χ0n) is 10.1. The monoisotopic (exact) mass is 312 g/mol. The first-order chi connectivity index (χ1) is 9.47. The van der Waals surface area contributed by atoms with Crippen LogP contribution in [0.1, 0.15) is 11.7 Å². The molecule has 0 bridgehead atoms. The molecule has 0 aliphatic carbocycles. The molecule has 1 atom stereocenters. The number of phenols is 1. The Morgan fingerprint density at radius 2 is 1.75 bits per heavy atom. The van der Waals surface area contributed by atoms with E-state index in [-0.39, 0.29) is 16.5 Å². The largest absolute Gasteiger partial charge is 0.508 e. The molecule has 20 heavy (non-hydrogen) atoms. The number of aromatic hydroxyl groups is 1. The number of carbonyl (C=O) groups is 1. The Morgan fingerprint density at radius 3 is 2.30 bits per heavy atom. The van der Waals surface area contributed by atoms with Crippen molar-refractivity contribution in [3.63, 3.8) is 0 Å². The lowest BCUT2D eigenvalue weighted by Crippen LogP contribution is -2.18. The van der Waals surface area contributed by atoms with Crippen LogP contribution in [0.4, 0.5) is 0 Å². The summed E-state index contributed by atoms with van der Waals surface area (Å²) in [5.74, 6) is -0.902. The van der Waals surface area contributed by atoms with Crippen LogP contribution in [0.5, 0.6) is 11.5 Å². The van der Waals surface area contributed by atoms with Crippen molar-refractivity contribution in [2.45, 2.75) is 6.10 Å². The van der Waals surface area contributed by atoms with E-state index in [1.54, 1.807) is 6.07 Å². The maximum absolute atomic E-state index is 11.3. The van der Waals surface area contributed by atoms with Gasteiger partial charge < -0.3 is 14.9 Å². The van der Waals surface area contributed by atoms with Crippen LogP contribution < -0.4 is 4.74 Å². The summed E-state index contributed by atoms with van der Waals surface area (Å²) >= 11 is 11.7. The van der Waals surface area contributed by atoms with E-state index in [2.05, 4.69) is 0 Å². The van der Waals surface area contributed by atoms with E-state index in [1.165, 1.54) is 36.4 Å². The van der Waals surface area contributed by atoms with Crippen molar-refractivity contribution in [2.24, 2.45) is 0 Å². The van der Waals surface area contributed by atoms with Gasteiger partial charge in [0.2, 0.25) is 6.10 Å². The average molecular weight is 313 g/mol. The highest BCUT2D eigenvalue weighted by Crippen LogP contribution is 2.31. The highest BCUT2D eigenvalue weighted by atomic mass is 35.5. The molecule has 0 fully saturated rings. The smallest absolute Gasteiger partial charge is 0.349 e. The zero-order chi connectivity index (χ0) is 14.7. The Labute approximate surface area is 125 Å². The maximum Gasteiger partial charge on any atom is 0.349 e. The second-order valence-electron chi connectivity index (χ2n) is 4.00. The van der Waals surface area contributed by atoms with Crippen molar-refractivity contribution in [1.82, 2.24) is 0 Å². The molecule has 2 rings (SSSR count). The summed E-state index contributed by atoms with van der Waals surface area (Å²) < 4.78 is 5.42. The Kier molecular flexibility index (Phi) is 4.37. The molecule has 0 aromatic heterocycles. The van der Waals surface area contributed by atoms with E-state index in [0.717, 1.165) is 0 Å². The Morgan fingerprint density at radius 1 is 1.10 bits per heavy atom. The van der Waals surface area contributed by atoms with Gasteiger partial charge in [0.25, 0.3) is 0 Å². The second-order valence-corrected chi connectivity index (χ2v) is 4.85. The predicted molar refractivity (Wildman–Crippen MR) is 75.6 cm³/mol. The van der Waals surface area contributed by atoms with Gasteiger partial charge in [0.15, 0.2) is 0 Å². The summed E-state index contributed by atoms with van der Waals surface area (Å²) in [4.78, 5) is 11.3. The number of phenolic OH excluding ortho intramolecular Hbond substituents is 1. The zero-order valence-corrected chi connectivity index (χ0v) is 11.6. The SMILES string of the molecule is O=C(O)C(Oc1ccc(Cl)cc1Cl)c1ccc(O)cc1. The van der Waals surface area contributed by atoms with Crippen molar-refractivity contribution in [1.29, 1.82) is 0 Å². The molecular formula is C14H10Cl2O4. The van der Waals surface area contributed by atoms with Crippen LogP contribution in [0.3, 0.4) is 0 Å². The van der Waals surface area contributed by atoms with Gasteiger partial charge in [-0.15, -0.1) is 0 Å². The van der Waals surface area contributed by atoms with Crippen molar-refractivity contribution in [3.05, 3.63) is 58.1 Å². The first kappa shape index (κ1) is 14.5. The number of halogens is 2. The van der Waals surface area contributed by atoms with E-state index >= 15 is 0 Å². The minimum Gasteiger partial charge on any atom is -0.508 e. The van der Waals surface area contributed by atoms with Gasteiger partial charge in [-0.05, 0) is 30.3 Å². The van der Waals surface area contributed by atoms with Gasteiger partial charge in [-0.3, -0.25) is 0 Å². The van der Waals surface area contributed by atoms with Crippen LogP contribution in [0.15, 0.2) is 42.5 Å². The van der Waals surface area contributed by atoms with Gasteiger partial charge in [0, 0.05) is 10.6 Å². The maximum atomic E-state index is 11.3. The molecule has 2 aromatic rings. The minimum atomic E-state index is -1.23.